The minimum Gasteiger partial charge on any atom is -0.475 e. The Hall–Kier alpha value is -4.17. The van der Waals surface area contributed by atoms with Gasteiger partial charge in [-0.05, 0) is 58.3 Å². The molecule has 0 radical (unpaired) electrons. The highest BCUT2D eigenvalue weighted by molar-refractivity contribution is 5.94. The second-order valence-electron chi connectivity index (χ2n) is 12.1. The molecule has 226 valence electrons. The summed E-state index contributed by atoms with van der Waals surface area (Å²) >= 11 is 0. The number of aryl methyl sites for hydroxylation is 2. The summed E-state index contributed by atoms with van der Waals surface area (Å²) in [6, 6.07) is 6.67. The van der Waals surface area contributed by atoms with Crippen molar-refractivity contribution >= 4 is 28.2 Å². The maximum Gasteiger partial charge on any atom is 0.282 e. The summed E-state index contributed by atoms with van der Waals surface area (Å²) in [5, 5.41) is 16.1. The normalized spacial score (nSPS) is 20.8. The Balaban J connectivity index is 1.39. The Kier molecular flexibility index (Phi) is 7.73. The van der Waals surface area contributed by atoms with Crippen LogP contribution in [0.5, 0.6) is 5.88 Å². The number of fused-ring (bicyclic) bond motifs is 2. The monoisotopic (exact) mass is 586 g/mol. The summed E-state index contributed by atoms with van der Waals surface area (Å²) in [5.41, 5.74) is 6.57. The van der Waals surface area contributed by atoms with Crippen LogP contribution in [0.1, 0.15) is 42.1 Å². The number of rotatable bonds is 6. The second kappa shape index (κ2) is 11.5. The fourth-order valence-electron chi connectivity index (χ4n) is 7.01. The van der Waals surface area contributed by atoms with Gasteiger partial charge in [-0.25, -0.2) is 9.37 Å². The van der Waals surface area contributed by atoms with Crippen molar-refractivity contribution in [2.24, 2.45) is 7.05 Å². The van der Waals surface area contributed by atoms with Gasteiger partial charge in [0, 0.05) is 56.3 Å². The van der Waals surface area contributed by atoms with Gasteiger partial charge in [0.15, 0.2) is 5.83 Å². The number of hydrogen-bond donors (Lipinski definition) is 0. The maximum atomic E-state index is 13.7. The van der Waals surface area contributed by atoms with Crippen LogP contribution in [0.3, 0.4) is 0 Å². The number of likely N-dealkylation sites (N-methyl/N-ethyl adjacent to an activating group) is 1. The van der Waals surface area contributed by atoms with E-state index in [0.29, 0.717) is 50.7 Å². The van der Waals surface area contributed by atoms with Gasteiger partial charge < -0.3 is 24.3 Å². The predicted octanol–water partition coefficient (Wildman–Crippen LogP) is 3.70. The van der Waals surface area contributed by atoms with Gasteiger partial charge in [-0.15, -0.1) is 0 Å². The molecule has 0 aliphatic carbocycles. The number of benzene rings is 1. The van der Waals surface area contributed by atoms with Gasteiger partial charge in [-0.2, -0.15) is 10.4 Å². The highest BCUT2D eigenvalue weighted by Crippen LogP contribution is 2.40. The molecule has 3 aliphatic heterocycles. The average molecular weight is 587 g/mol. The standard InChI is InChI=1S/C32H39FN8O2/c1-20-8-9-28-26(16-35-38(28)5)29(20)39-12-10-24-27(18-39)36-31(43-19-23-7-6-11-37(23)4)25(15-34)30(24)40-13-14-41(21(2)17-40)32(42)22(3)33/h8-9,16,21,23H,3,6-7,10-14,17-19H2,1-2,4-5H3/t21-,23+/m1/s1. The van der Waals surface area contributed by atoms with E-state index in [-0.39, 0.29) is 12.1 Å². The van der Waals surface area contributed by atoms with Crippen molar-refractivity contribution < 1.29 is 13.9 Å². The first-order chi connectivity index (χ1) is 20.7. The molecule has 6 rings (SSSR count). The van der Waals surface area contributed by atoms with Crippen LogP contribution in [0.2, 0.25) is 0 Å². The molecule has 3 aliphatic rings. The minimum absolute atomic E-state index is 0.258. The Morgan fingerprint density at radius 3 is 2.70 bits per heavy atom. The molecule has 10 nitrogen and oxygen atoms in total. The smallest absolute Gasteiger partial charge is 0.282 e. The third kappa shape index (κ3) is 5.18. The zero-order valence-corrected chi connectivity index (χ0v) is 25.4. The number of hydrogen-bond acceptors (Lipinski definition) is 8. The van der Waals surface area contributed by atoms with Crippen molar-refractivity contribution in [1.82, 2.24) is 24.6 Å². The molecule has 1 amide bonds. The third-order valence-electron chi connectivity index (χ3n) is 9.35. The van der Waals surface area contributed by atoms with Crippen LogP contribution >= 0.6 is 0 Å². The molecule has 1 aromatic carbocycles. The van der Waals surface area contributed by atoms with Crippen molar-refractivity contribution in [2.45, 2.75) is 51.7 Å². The lowest BCUT2D eigenvalue weighted by Gasteiger charge is -2.42. The van der Waals surface area contributed by atoms with Gasteiger partial charge in [0.25, 0.3) is 5.91 Å². The average Bonchev–Trinajstić information content (AvgIpc) is 3.58. The number of pyridine rings is 1. The lowest BCUT2D eigenvalue weighted by Crippen LogP contribution is -2.54. The summed E-state index contributed by atoms with van der Waals surface area (Å²) in [4.78, 5) is 25.8. The van der Waals surface area contributed by atoms with E-state index in [9.17, 15) is 14.4 Å². The summed E-state index contributed by atoms with van der Waals surface area (Å²) in [7, 11) is 4.05. The first-order valence-electron chi connectivity index (χ1n) is 15.0. The van der Waals surface area contributed by atoms with E-state index in [1.54, 1.807) is 0 Å². The fraction of sp³-hybridized carbons (Fsp3) is 0.500. The van der Waals surface area contributed by atoms with Gasteiger partial charge in [-0.3, -0.25) is 9.48 Å². The highest BCUT2D eigenvalue weighted by atomic mass is 19.1. The van der Waals surface area contributed by atoms with Gasteiger partial charge in [-0.1, -0.05) is 12.6 Å². The molecule has 11 heteroatoms. The number of nitriles is 1. The van der Waals surface area contributed by atoms with Gasteiger partial charge in [0.1, 0.15) is 18.2 Å². The molecule has 2 saturated heterocycles. The molecule has 5 heterocycles. The molecule has 2 fully saturated rings. The van der Waals surface area contributed by atoms with Gasteiger partial charge >= 0.3 is 0 Å². The Morgan fingerprint density at radius 2 is 2.00 bits per heavy atom. The summed E-state index contributed by atoms with van der Waals surface area (Å²) in [5.74, 6) is -1.27. The van der Waals surface area contributed by atoms with Gasteiger partial charge in [0.2, 0.25) is 5.88 Å². The third-order valence-corrected chi connectivity index (χ3v) is 9.35. The van der Waals surface area contributed by atoms with E-state index < -0.39 is 11.7 Å². The Morgan fingerprint density at radius 1 is 1.19 bits per heavy atom. The molecule has 43 heavy (non-hydrogen) atoms. The van der Waals surface area contributed by atoms with Crippen LogP contribution in [0, 0.1) is 18.3 Å². The number of anilines is 2. The minimum atomic E-state index is -0.953. The van der Waals surface area contributed by atoms with Crippen molar-refractivity contribution in [3.8, 4) is 11.9 Å². The number of halogens is 1. The molecule has 2 atom stereocenters. The largest absolute Gasteiger partial charge is 0.475 e. The first kappa shape index (κ1) is 28.9. The van der Waals surface area contributed by atoms with Crippen LogP contribution in [0.15, 0.2) is 30.7 Å². The molecule has 0 spiro atoms. The number of aromatic nitrogens is 3. The number of likely N-dealkylation sites (tertiary alicyclic amines) is 1. The summed E-state index contributed by atoms with van der Waals surface area (Å²) in [6.45, 7) is 11.3. The number of ether oxygens (including phenoxy) is 1. The van der Waals surface area contributed by atoms with Crippen LogP contribution in [-0.4, -0.2) is 88.9 Å². The van der Waals surface area contributed by atoms with Crippen LogP contribution in [0.4, 0.5) is 15.8 Å². The van der Waals surface area contributed by atoms with E-state index >= 15 is 0 Å². The molecule has 0 bridgehead atoms. The quantitative estimate of drug-likeness (QED) is 0.404. The predicted molar refractivity (Wildman–Crippen MR) is 164 cm³/mol. The lowest BCUT2D eigenvalue weighted by molar-refractivity contribution is -0.131. The Bertz CT molecular complexity index is 1630. The van der Waals surface area contributed by atoms with Gasteiger partial charge in [0.05, 0.1) is 35.3 Å². The topological polar surface area (TPSA) is 93.8 Å². The number of carbonyl (C=O) groups excluding carboxylic acids is 1. The fourth-order valence-corrected chi connectivity index (χ4v) is 7.01. The van der Waals surface area contributed by atoms with E-state index in [1.165, 1.54) is 10.5 Å². The van der Waals surface area contributed by atoms with E-state index in [2.05, 4.69) is 58.6 Å². The van der Waals surface area contributed by atoms with E-state index in [1.807, 2.05) is 24.9 Å². The first-order valence-corrected chi connectivity index (χ1v) is 15.0. The molecular formula is C32H39FN8O2. The highest BCUT2D eigenvalue weighted by Gasteiger charge is 2.35. The Labute approximate surface area is 251 Å². The van der Waals surface area contributed by atoms with Crippen LogP contribution in [-0.2, 0) is 24.8 Å². The summed E-state index contributed by atoms with van der Waals surface area (Å²) < 4.78 is 22.0. The number of amides is 1. The number of piperazine rings is 1. The summed E-state index contributed by atoms with van der Waals surface area (Å²) in [6.07, 6.45) is 4.79. The molecule has 0 saturated carbocycles. The number of nitrogens with zero attached hydrogens (tertiary/aromatic N) is 8. The van der Waals surface area contributed by atoms with Crippen molar-refractivity contribution in [3.63, 3.8) is 0 Å². The molecular weight excluding hydrogens is 547 g/mol. The van der Waals surface area contributed by atoms with Crippen LogP contribution in [0.25, 0.3) is 10.9 Å². The van der Waals surface area contributed by atoms with E-state index in [4.69, 9.17) is 9.72 Å². The zero-order valence-electron chi connectivity index (χ0n) is 25.4. The molecule has 0 unspecified atom stereocenters. The van der Waals surface area contributed by atoms with E-state index in [0.717, 1.165) is 59.5 Å². The molecule has 3 aromatic rings. The van der Waals surface area contributed by atoms with Crippen LogP contribution < -0.4 is 14.5 Å². The number of carbonyl (C=O) groups is 1. The SMILES string of the molecule is C=C(F)C(=O)N1CCN(c2c(C#N)c(OC[C@@H]3CCCN3C)nc3c2CCN(c2c(C)ccc4c2cnn4C)C3)C[C@H]1C. The lowest BCUT2D eigenvalue weighted by atomic mass is 9.96. The van der Waals surface area contributed by atoms with Crippen molar-refractivity contribution in [3.05, 3.63) is 53.1 Å². The van der Waals surface area contributed by atoms with Crippen molar-refractivity contribution in [2.75, 3.05) is 56.2 Å². The molecule has 0 N–H and O–H groups in total. The maximum absolute atomic E-state index is 13.7. The molecule has 2 aromatic heterocycles. The second-order valence-corrected chi connectivity index (χ2v) is 12.1. The zero-order chi connectivity index (χ0) is 30.4. The van der Waals surface area contributed by atoms with Crippen molar-refractivity contribution in [1.29, 1.82) is 5.26 Å².